The summed E-state index contributed by atoms with van der Waals surface area (Å²) < 4.78 is 0. The summed E-state index contributed by atoms with van der Waals surface area (Å²) in [6, 6.07) is 4.40. The van der Waals surface area contributed by atoms with Crippen LogP contribution in [0.3, 0.4) is 0 Å². The molecule has 1 aliphatic rings. The minimum absolute atomic E-state index is 0.229. The average molecular weight is 294 g/mol. The topological polar surface area (TPSA) is 12.9 Å². The second kappa shape index (κ2) is 6.47. The van der Waals surface area contributed by atoms with Crippen molar-refractivity contribution in [2.75, 3.05) is 0 Å². The van der Waals surface area contributed by atoms with Crippen LogP contribution in [0.1, 0.15) is 58.2 Å². The van der Waals surface area contributed by atoms with Crippen LogP contribution in [0.2, 0.25) is 0 Å². The Bertz CT molecular complexity index is 424. The summed E-state index contributed by atoms with van der Waals surface area (Å²) >= 11 is 6.66. The fraction of sp³-hybridized carbons (Fsp3) is 0.722. The number of halogens is 1. The van der Waals surface area contributed by atoms with Crippen LogP contribution in [-0.2, 0) is 12.8 Å². The highest BCUT2D eigenvalue weighted by molar-refractivity contribution is 6.20. The molecule has 1 nitrogen and oxygen atoms in total. The van der Waals surface area contributed by atoms with Gasteiger partial charge in [-0.2, -0.15) is 0 Å². The molecule has 0 spiro atoms. The molecule has 1 aromatic rings. The number of rotatable bonds is 4. The van der Waals surface area contributed by atoms with E-state index in [4.69, 9.17) is 11.6 Å². The normalized spacial score (nSPS) is 27.6. The Hall–Kier alpha value is -0.560. The maximum atomic E-state index is 6.66. The van der Waals surface area contributed by atoms with Gasteiger partial charge < -0.3 is 0 Å². The fourth-order valence-corrected chi connectivity index (χ4v) is 4.33. The maximum Gasteiger partial charge on any atom is 0.0409 e. The first-order valence-corrected chi connectivity index (χ1v) is 8.44. The summed E-state index contributed by atoms with van der Waals surface area (Å²) in [5, 5.41) is 0.323. The predicted molar refractivity (Wildman–Crippen MR) is 87.2 cm³/mol. The highest BCUT2D eigenvalue weighted by Gasteiger charge is 2.38. The fourth-order valence-electron chi connectivity index (χ4n) is 3.56. The first-order chi connectivity index (χ1) is 9.42. The maximum absolute atomic E-state index is 6.66. The molecule has 20 heavy (non-hydrogen) atoms. The third kappa shape index (κ3) is 3.75. The number of hydrogen-bond acceptors (Lipinski definition) is 1. The molecule has 0 saturated heterocycles. The molecule has 2 heteroatoms. The van der Waals surface area contributed by atoms with Crippen LogP contribution in [0.5, 0.6) is 0 Å². The Kier molecular flexibility index (Phi) is 5.12. The van der Waals surface area contributed by atoms with Crippen molar-refractivity contribution < 1.29 is 0 Å². The van der Waals surface area contributed by atoms with Gasteiger partial charge in [0.05, 0.1) is 0 Å². The Balaban J connectivity index is 2.05. The number of pyridine rings is 1. The van der Waals surface area contributed by atoms with E-state index in [1.807, 2.05) is 6.20 Å². The van der Waals surface area contributed by atoms with Gasteiger partial charge in [-0.1, -0.05) is 40.2 Å². The second-order valence-electron chi connectivity index (χ2n) is 7.22. The predicted octanol–water partition coefficient (Wildman–Crippen LogP) is 5.26. The number of aryl methyl sites for hydroxylation is 1. The summed E-state index contributed by atoms with van der Waals surface area (Å²) in [5.41, 5.74) is 2.75. The Labute approximate surface area is 129 Å². The molecule has 1 aliphatic carbocycles. The van der Waals surface area contributed by atoms with E-state index in [9.17, 15) is 0 Å². The minimum atomic E-state index is 0.229. The van der Waals surface area contributed by atoms with E-state index in [1.54, 1.807) is 0 Å². The molecule has 1 saturated carbocycles. The number of aromatic nitrogens is 1. The number of nitrogens with zero attached hydrogens (tertiary/aromatic N) is 1. The van der Waals surface area contributed by atoms with Crippen LogP contribution in [0.15, 0.2) is 18.3 Å². The smallest absolute Gasteiger partial charge is 0.0409 e. The van der Waals surface area contributed by atoms with Crippen LogP contribution in [0, 0.1) is 17.3 Å². The van der Waals surface area contributed by atoms with Crippen LogP contribution in [0.4, 0.5) is 0 Å². The zero-order chi connectivity index (χ0) is 14.8. The van der Waals surface area contributed by atoms with E-state index in [0.29, 0.717) is 11.3 Å². The third-order valence-electron chi connectivity index (χ3n) is 4.97. The van der Waals surface area contributed by atoms with Crippen molar-refractivity contribution in [3.8, 4) is 0 Å². The standard InChI is InChI=1S/C18H28ClN/c1-5-14-7-8-15(20-12-14)11-18(3,4)16-9-6-13(2)10-17(16)19/h7-8,12-13,16-17H,5-6,9-11H2,1-4H3. The van der Waals surface area contributed by atoms with Gasteiger partial charge in [-0.15, -0.1) is 11.6 Å². The van der Waals surface area contributed by atoms with E-state index in [2.05, 4.69) is 44.8 Å². The molecule has 3 unspecified atom stereocenters. The SMILES string of the molecule is CCc1ccc(CC(C)(C)C2CCC(C)CC2Cl)nc1. The molecule has 2 rings (SSSR count). The van der Waals surface area contributed by atoms with Gasteiger partial charge in [-0.05, 0) is 54.6 Å². The number of hydrogen-bond donors (Lipinski definition) is 0. The molecule has 1 aromatic heterocycles. The van der Waals surface area contributed by atoms with E-state index in [-0.39, 0.29) is 5.41 Å². The highest BCUT2D eigenvalue weighted by atomic mass is 35.5. The van der Waals surface area contributed by atoms with E-state index < -0.39 is 0 Å². The molecule has 1 fully saturated rings. The Morgan fingerprint density at radius 2 is 2.05 bits per heavy atom. The molecule has 1 heterocycles. The van der Waals surface area contributed by atoms with Gasteiger partial charge in [-0.25, -0.2) is 0 Å². The van der Waals surface area contributed by atoms with Crippen molar-refractivity contribution in [2.24, 2.45) is 17.3 Å². The summed E-state index contributed by atoms with van der Waals surface area (Å²) in [5.74, 6) is 1.39. The van der Waals surface area contributed by atoms with Crippen LogP contribution >= 0.6 is 11.6 Å². The van der Waals surface area contributed by atoms with Crippen molar-refractivity contribution in [3.05, 3.63) is 29.6 Å². The summed E-state index contributed by atoms with van der Waals surface area (Å²) in [6.07, 6.45) is 7.85. The van der Waals surface area contributed by atoms with Crippen molar-refractivity contribution in [1.29, 1.82) is 0 Å². The molecule has 3 atom stereocenters. The second-order valence-corrected chi connectivity index (χ2v) is 7.78. The third-order valence-corrected chi connectivity index (χ3v) is 5.45. The lowest BCUT2D eigenvalue weighted by Gasteiger charge is -2.41. The van der Waals surface area contributed by atoms with E-state index >= 15 is 0 Å². The van der Waals surface area contributed by atoms with Crippen molar-refractivity contribution in [3.63, 3.8) is 0 Å². The van der Waals surface area contributed by atoms with E-state index in [0.717, 1.165) is 25.2 Å². The van der Waals surface area contributed by atoms with Gasteiger partial charge in [-0.3, -0.25) is 4.98 Å². The largest absolute Gasteiger partial charge is 0.261 e. The van der Waals surface area contributed by atoms with Crippen LogP contribution in [-0.4, -0.2) is 10.4 Å². The van der Waals surface area contributed by atoms with Crippen LogP contribution < -0.4 is 0 Å². The molecule has 112 valence electrons. The zero-order valence-electron chi connectivity index (χ0n) is 13.3. The quantitative estimate of drug-likeness (QED) is 0.690. The van der Waals surface area contributed by atoms with Crippen molar-refractivity contribution >= 4 is 11.6 Å². The van der Waals surface area contributed by atoms with Gasteiger partial charge in [0.25, 0.3) is 0 Å². The Morgan fingerprint density at radius 1 is 1.30 bits per heavy atom. The van der Waals surface area contributed by atoms with Crippen molar-refractivity contribution in [2.45, 2.75) is 65.2 Å². The van der Waals surface area contributed by atoms with E-state index in [1.165, 1.54) is 24.1 Å². The molecule has 0 bridgehead atoms. The van der Waals surface area contributed by atoms with Gasteiger partial charge in [0.1, 0.15) is 0 Å². The summed E-state index contributed by atoms with van der Waals surface area (Å²) in [7, 11) is 0. The summed E-state index contributed by atoms with van der Waals surface area (Å²) in [6.45, 7) is 9.21. The lowest BCUT2D eigenvalue weighted by atomic mass is 9.67. The average Bonchev–Trinajstić information content (AvgIpc) is 2.38. The molecular weight excluding hydrogens is 266 g/mol. The Morgan fingerprint density at radius 3 is 2.60 bits per heavy atom. The molecule has 0 amide bonds. The monoisotopic (exact) mass is 293 g/mol. The van der Waals surface area contributed by atoms with Gasteiger partial charge >= 0.3 is 0 Å². The van der Waals surface area contributed by atoms with Crippen LogP contribution in [0.25, 0.3) is 0 Å². The van der Waals surface area contributed by atoms with Gasteiger partial charge in [0.15, 0.2) is 0 Å². The highest BCUT2D eigenvalue weighted by Crippen LogP contribution is 2.44. The lowest BCUT2D eigenvalue weighted by Crippen LogP contribution is -2.37. The molecule has 0 aromatic carbocycles. The minimum Gasteiger partial charge on any atom is -0.261 e. The zero-order valence-corrected chi connectivity index (χ0v) is 14.1. The van der Waals surface area contributed by atoms with Gasteiger partial charge in [0, 0.05) is 17.3 Å². The molecular formula is C18H28ClN. The molecule has 0 radical (unpaired) electrons. The number of alkyl halides is 1. The summed E-state index contributed by atoms with van der Waals surface area (Å²) in [4.78, 5) is 4.63. The lowest BCUT2D eigenvalue weighted by molar-refractivity contribution is 0.141. The first kappa shape index (κ1) is 15.8. The van der Waals surface area contributed by atoms with Crippen molar-refractivity contribution in [1.82, 2.24) is 4.98 Å². The van der Waals surface area contributed by atoms with Gasteiger partial charge in [0.2, 0.25) is 0 Å². The molecule has 0 aliphatic heterocycles. The molecule has 0 N–H and O–H groups in total. The first-order valence-electron chi connectivity index (χ1n) is 8.00.